The van der Waals surface area contributed by atoms with E-state index in [4.69, 9.17) is 4.42 Å². The summed E-state index contributed by atoms with van der Waals surface area (Å²) in [4.78, 5) is 15.7. The summed E-state index contributed by atoms with van der Waals surface area (Å²) in [6, 6.07) is 0.670. The van der Waals surface area contributed by atoms with E-state index in [9.17, 15) is 4.79 Å². The number of hydrogen-bond donors (Lipinski definition) is 2. The van der Waals surface area contributed by atoms with Crippen LogP contribution >= 0.6 is 0 Å². The fourth-order valence-electron chi connectivity index (χ4n) is 2.70. The first-order valence-electron chi connectivity index (χ1n) is 5.69. The van der Waals surface area contributed by atoms with E-state index in [1.54, 1.807) is 13.1 Å². The molecule has 5 heteroatoms. The quantitative estimate of drug-likeness (QED) is 0.761. The van der Waals surface area contributed by atoms with Crippen molar-refractivity contribution in [3.05, 3.63) is 17.8 Å². The van der Waals surface area contributed by atoms with Crippen LogP contribution < -0.4 is 10.6 Å². The van der Waals surface area contributed by atoms with Crippen molar-refractivity contribution in [1.29, 1.82) is 0 Å². The molecule has 3 unspecified atom stereocenters. The van der Waals surface area contributed by atoms with Crippen LogP contribution in [0.3, 0.4) is 0 Å². The fourth-order valence-corrected chi connectivity index (χ4v) is 2.70. The predicted octanol–water partition coefficient (Wildman–Crippen LogP) is 0.463. The third-order valence-electron chi connectivity index (χ3n) is 3.46. The first-order valence-corrected chi connectivity index (χ1v) is 5.69. The maximum absolute atomic E-state index is 11.8. The highest BCUT2D eigenvalue weighted by molar-refractivity contribution is 5.89. The third kappa shape index (κ3) is 1.61. The van der Waals surface area contributed by atoms with E-state index in [1.165, 1.54) is 6.42 Å². The van der Waals surface area contributed by atoms with Gasteiger partial charge in [0, 0.05) is 12.1 Å². The molecule has 0 aromatic carbocycles. The normalized spacial score (nSPS) is 31.9. The van der Waals surface area contributed by atoms with E-state index < -0.39 is 0 Å². The molecule has 2 fully saturated rings. The lowest BCUT2D eigenvalue weighted by molar-refractivity contribution is 0.0892. The molecular formula is C11H15N3O2. The molecule has 2 bridgehead atoms. The van der Waals surface area contributed by atoms with E-state index in [1.807, 2.05) is 0 Å². The van der Waals surface area contributed by atoms with Gasteiger partial charge in [0.2, 0.25) is 0 Å². The molecular weight excluding hydrogens is 206 g/mol. The second-order valence-electron chi connectivity index (χ2n) is 4.71. The number of hydrogen-bond acceptors (Lipinski definition) is 4. The number of nitrogens with one attached hydrogen (secondary N) is 2. The number of aryl methyl sites for hydroxylation is 1. The van der Waals surface area contributed by atoms with E-state index in [0.29, 0.717) is 11.8 Å². The summed E-state index contributed by atoms with van der Waals surface area (Å²) >= 11 is 0. The number of oxazole rings is 1. The molecule has 1 aliphatic heterocycles. The van der Waals surface area contributed by atoms with Crippen molar-refractivity contribution < 1.29 is 9.21 Å². The predicted molar refractivity (Wildman–Crippen MR) is 57.0 cm³/mol. The molecule has 16 heavy (non-hydrogen) atoms. The molecule has 0 spiro atoms. The van der Waals surface area contributed by atoms with E-state index in [-0.39, 0.29) is 17.8 Å². The van der Waals surface area contributed by atoms with Gasteiger partial charge in [-0.15, -0.1) is 0 Å². The second-order valence-corrected chi connectivity index (χ2v) is 4.71. The largest absolute Gasteiger partial charge is 0.438 e. The summed E-state index contributed by atoms with van der Waals surface area (Å²) in [6.07, 6.45) is 3.81. The lowest BCUT2D eigenvalue weighted by atomic mass is 10.1. The van der Waals surface area contributed by atoms with Crippen molar-refractivity contribution in [3.63, 3.8) is 0 Å². The smallest absolute Gasteiger partial charge is 0.307 e. The number of amides is 1. The number of carbonyl (C=O) groups is 1. The van der Waals surface area contributed by atoms with Gasteiger partial charge in [-0.1, -0.05) is 0 Å². The average molecular weight is 221 g/mol. The topological polar surface area (TPSA) is 67.2 Å². The van der Waals surface area contributed by atoms with Gasteiger partial charge in [-0.2, -0.15) is 0 Å². The Hall–Kier alpha value is -1.36. The van der Waals surface area contributed by atoms with Gasteiger partial charge in [-0.25, -0.2) is 4.98 Å². The maximum Gasteiger partial charge on any atom is 0.307 e. The van der Waals surface area contributed by atoms with Crippen LogP contribution in [0.5, 0.6) is 0 Å². The molecule has 1 amide bonds. The molecule has 1 saturated carbocycles. The molecule has 1 aromatic rings. The number of piperidine rings is 1. The van der Waals surface area contributed by atoms with E-state index in [2.05, 4.69) is 15.6 Å². The number of nitrogens with zero attached hydrogens (tertiary/aromatic N) is 1. The van der Waals surface area contributed by atoms with Crippen molar-refractivity contribution in [1.82, 2.24) is 15.6 Å². The van der Waals surface area contributed by atoms with Crippen molar-refractivity contribution in [2.45, 2.75) is 31.8 Å². The molecule has 3 atom stereocenters. The molecule has 1 saturated heterocycles. The third-order valence-corrected chi connectivity index (χ3v) is 3.46. The average Bonchev–Trinajstić information content (AvgIpc) is 2.92. The van der Waals surface area contributed by atoms with Crippen molar-refractivity contribution in [2.75, 3.05) is 6.54 Å². The summed E-state index contributed by atoms with van der Waals surface area (Å²) in [5.74, 6) is 1.35. The summed E-state index contributed by atoms with van der Waals surface area (Å²) in [5.41, 5.74) is 0. The number of rotatable bonds is 2. The minimum atomic E-state index is -0.201. The Morgan fingerprint density at radius 1 is 1.62 bits per heavy atom. The van der Waals surface area contributed by atoms with Gasteiger partial charge in [0.1, 0.15) is 5.76 Å². The molecule has 0 radical (unpaired) electrons. The van der Waals surface area contributed by atoms with Gasteiger partial charge in [-0.05, 0) is 32.2 Å². The Balaban J connectivity index is 1.65. The van der Waals surface area contributed by atoms with Gasteiger partial charge in [0.05, 0.1) is 6.20 Å². The Morgan fingerprint density at radius 2 is 2.50 bits per heavy atom. The van der Waals surface area contributed by atoms with Gasteiger partial charge in [-0.3, -0.25) is 4.79 Å². The maximum atomic E-state index is 11.8. The lowest BCUT2D eigenvalue weighted by Crippen LogP contribution is -2.48. The van der Waals surface area contributed by atoms with Crippen LogP contribution in [0.4, 0.5) is 0 Å². The molecule has 5 nitrogen and oxygen atoms in total. The van der Waals surface area contributed by atoms with Gasteiger partial charge < -0.3 is 15.1 Å². The van der Waals surface area contributed by atoms with E-state index in [0.717, 1.165) is 18.9 Å². The Morgan fingerprint density at radius 3 is 3.06 bits per heavy atom. The van der Waals surface area contributed by atoms with Crippen LogP contribution in [0.25, 0.3) is 0 Å². The highest BCUT2D eigenvalue weighted by Gasteiger charge is 2.40. The number of aromatic nitrogens is 1. The number of carbonyl (C=O) groups excluding carboxylic acids is 1. The minimum absolute atomic E-state index is 0.167. The SMILES string of the molecule is Cc1cnc(C(=O)NC2CC3CNC2C3)o1. The van der Waals surface area contributed by atoms with Crippen LogP contribution in [0.2, 0.25) is 0 Å². The zero-order chi connectivity index (χ0) is 11.1. The van der Waals surface area contributed by atoms with Gasteiger partial charge in [0.25, 0.3) is 5.89 Å². The highest BCUT2D eigenvalue weighted by atomic mass is 16.4. The van der Waals surface area contributed by atoms with Crippen LogP contribution in [0.15, 0.2) is 10.6 Å². The Bertz CT molecular complexity index is 415. The van der Waals surface area contributed by atoms with Gasteiger partial charge >= 0.3 is 5.91 Å². The van der Waals surface area contributed by atoms with Gasteiger partial charge in [0.15, 0.2) is 0 Å². The molecule has 2 heterocycles. The molecule has 1 aromatic heterocycles. The first-order chi connectivity index (χ1) is 7.72. The first kappa shape index (κ1) is 9.84. The monoisotopic (exact) mass is 221 g/mol. The second kappa shape index (κ2) is 3.59. The molecule has 1 aliphatic carbocycles. The molecule has 2 aliphatic rings. The van der Waals surface area contributed by atoms with Crippen LogP contribution in [0.1, 0.15) is 29.3 Å². The summed E-state index contributed by atoms with van der Waals surface area (Å²) in [7, 11) is 0. The Labute approximate surface area is 93.6 Å². The fraction of sp³-hybridized carbons (Fsp3) is 0.636. The molecule has 2 N–H and O–H groups in total. The van der Waals surface area contributed by atoms with Crippen LogP contribution in [0, 0.1) is 12.8 Å². The lowest BCUT2D eigenvalue weighted by Gasteiger charge is -2.23. The number of fused-ring (bicyclic) bond motifs is 2. The summed E-state index contributed by atoms with van der Waals surface area (Å²) < 4.78 is 5.19. The van der Waals surface area contributed by atoms with Crippen LogP contribution in [-0.2, 0) is 0 Å². The van der Waals surface area contributed by atoms with Crippen molar-refractivity contribution >= 4 is 5.91 Å². The standard InChI is InChI=1S/C11H15N3O2/c1-6-4-13-11(16-6)10(15)14-9-3-7-2-8(9)12-5-7/h4,7-9,12H,2-3,5H2,1H3,(H,14,15). The van der Waals surface area contributed by atoms with E-state index >= 15 is 0 Å². The highest BCUT2D eigenvalue weighted by Crippen LogP contribution is 2.31. The summed E-state index contributed by atoms with van der Waals surface area (Å²) in [5, 5.41) is 6.38. The summed E-state index contributed by atoms with van der Waals surface area (Å²) in [6.45, 7) is 2.87. The van der Waals surface area contributed by atoms with Crippen LogP contribution in [-0.4, -0.2) is 29.5 Å². The molecule has 3 rings (SSSR count). The Kier molecular flexibility index (Phi) is 2.21. The van der Waals surface area contributed by atoms with Crippen molar-refractivity contribution in [2.24, 2.45) is 5.92 Å². The zero-order valence-corrected chi connectivity index (χ0v) is 9.19. The molecule has 86 valence electrons. The zero-order valence-electron chi connectivity index (χ0n) is 9.19. The minimum Gasteiger partial charge on any atom is -0.438 e. The van der Waals surface area contributed by atoms with Crippen molar-refractivity contribution in [3.8, 4) is 0 Å².